The quantitative estimate of drug-likeness (QED) is 0.585. The highest BCUT2D eigenvalue weighted by Crippen LogP contribution is 2.15. The van der Waals surface area contributed by atoms with Gasteiger partial charge in [-0.3, -0.25) is 9.59 Å². The van der Waals surface area contributed by atoms with E-state index in [1.165, 1.54) is 12.1 Å². The van der Waals surface area contributed by atoms with Gasteiger partial charge in [0.25, 0.3) is 0 Å². The second kappa shape index (κ2) is 7.65. The van der Waals surface area contributed by atoms with Crippen molar-refractivity contribution < 1.29 is 19.4 Å². The molecule has 6 nitrogen and oxygen atoms in total. The largest absolute Gasteiger partial charge is 0.508 e. The van der Waals surface area contributed by atoms with Gasteiger partial charge in [0.05, 0.1) is 7.11 Å². The van der Waals surface area contributed by atoms with Gasteiger partial charge in [-0.15, -0.1) is 0 Å². The van der Waals surface area contributed by atoms with Crippen molar-refractivity contribution in [3.05, 3.63) is 60.7 Å². The summed E-state index contributed by atoms with van der Waals surface area (Å²) in [4.78, 5) is 23.4. The second-order valence-corrected chi connectivity index (χ2v) is 4.59. The highest BCUT2D eigenvalue weighted by molar-refractivity contribution is 6.06. The van der Waals surface area contributed by atoms with E-state index < -0.39 is 11.8 Å². The summed E-state index contributed by atoms with van der Waals surface area (Å²) in [5, 5.41) is 14.3. The van der Waals surface area contributed by atoms with Crippen LogP contribution in [0.15, 0.2) is 60.7 Å². The van der Waals surface area contributed by atoms with E-state index in [1.54, 1.807) is 43.5 Å². The lowest BCUT2D eigenvalue weighted by atomic mass is 10.3. The van der Waals surface area contributed by atoms with Crippen molar-refractivity contribution in [1.29, 1.82) is 0 Å². The topological polar surface area (TPSA) is 87.7 Å². The molecule has 23 heavy (non-hydrogen) atoms. The molecule has 0 saturated heterocycles. The van der Waals surface area contributed by atoms with Gasteiger partial charge in [0.2, 0.25) is 11.8 Å². The number of amides is 2. The minimum absolute atomic E-state index is 0.109. The maximum absolute atomic E-state index is 11.7. The van der Waals surface area contributed by atoms with Gasteiger partial charge >= 0.3 is 0 Å². The fourth-order valence-electron chi connectivity index (χ4n) is 1.74. The van der Waals surface area contributed by atoms with Crippen LogP contribution in [0.1, 0.15) is 0 Å². The third-order valence-electron chi connectivity index (χ3n) is 2.88. The van der Waals surface area contributed by atoms with Crippen LogP contribution in [-0.2, 0) is 9.59 Å². The van der Waals surface area contributed by atoms with Crippen molar-refractivity contribution >= 4 is 23.2 Å². The lowest BCUT2D eigenvalue weighted by molar-refractivity contribution is -0.114. The normalized spacial score (nSPS) is 10.3. The van der Waals surface area contributed by atoms with Gasteiger partial charge in [-0.25, -0.2) is 0 Å². The number of carbonyl (C=O) groups is 2. The molecule has 0 aliphatic rings. The Morgan fingerprint density at radius 1 is 0.870 bits per heavy atom. The maximum Gasteiger partial charge on any atom is 0.248 e. The Labute approximate surface area is 133 Å². The van der Waals surface area contributed by atoms with E-state index in [0.29, 0.717) is 17.1 Å². The average Bonchev–Trinajstić information content (AvgIpc) is 2.56. The van der Waals surface area contributed by atoms with Crippen LogP contribution in [0.3, 0.4) is 0 Å². The summed E-state index contributed by atoms with van der Waals surface area (Å²) in [6.07, 6.45) is 2.27. The molecule has 6 heteroatoms. The van der Waals surface area contributed by atoms with Crippen LogP contribution in [0, 0.1) is 0 Å². The Morgan fingerprint density at radius 2 is 1.30 bits per heavy atom. The standard InChI is InChI=1S/C17H16N2O4/c1-23-15-8-4-13(5-9-15)19-17(22)11-10-16(21)18-12-2-6-14(20)7-3-12/h2-11,20H,1H3,(H,18,21)(H,19,22)/b11-10-. The van der Waals surface area contributed by atoms with Crippen molar-refractivity contribution in [3.8, 4) is 11.5 Å². The van der Waals surface area contributed by atoms with E-state index in [1.807, 2.05) is 0 Å². The molecule has 0 bridgehead atoms. The third-order valence-corrected chi connectivity index (χ3v) is 2.88. The molecule has 3 N–H and O–H groups in total. The molecule has 0 fully saturated rings. The number of phenols is 1. The minimum atomic E-state index is -0.444. The van der Waals surface area contributed by atoms with Crippen molar-refractivity contribution in [1.82, 2.24) is 0 Å². The Hall–Kier alpha value is -3.28. The van der Waals surface area contributed by atoms with E-state index in [-0.39, 0.29) is 5.75 Å². The van der Waals surface area contributed by atoms with Crippen LogP contribution in [0.2, 0.25) is 0 Å². The highest BCUT2D eigenvalue weighted by atomic mass is 16.5. The zero-order valence-corrected chi connectivity index (χ0v) is 12.4. The third kappa shape index (κ3) is 5.20. The van der Waals surface area contributed by atoms with Gasteiger partial charge in [0.15, 0.2) is 0 Å². The number of rotatable bonds is 5. The molecule has 118 valence electrons. The van der Waals surface area contributed by atoms with Crippen LogP contribution >= 0.6 is 0 Å². The van der Waals surface area contributed by atoms with Crippen LogP contribution in [0.4, 0.5) is 11.4 Å². The Bertz CT molecular complexity index is 706. The lowest BCUT2D eigenvalue weighted by Crippen LogP contribution is -2.12. The SMILES string of the molecule is COc1ccc(NC(=O)/C=C\C(=O)Nc2ccc(O)cc2)cc1. The number of carbonyl (C=O) groups excluding carboxylic acids is 2. The number of hydrogen-bond donors (Lipinski definition) is 3. The van der Waals surface area contributed by atoms with Gasteiger partial charge in [-0.05, 0) is 48.5 Å². The molecule has 0 atom stereocenters. The summed E-state index contributed by atoms with van der Waals surface area (Å²) < 4.78 is 5.02. The zero-order valence-electron chi connectivity index (χ0n) is 12.4. The number of ether oxygens (including phenoxy) is 1. The van der Waals surface area contributed by atoms with Crippen molar-refractivity contribution in [2.75, 3.05) is 17.7 Å². The number of phenolic OH excluding ortho intramolecular Hbond substituents is 1. The summed E-state index contributed by atoms with van der Waals surface area (Å²) in [5.74, 6) is -0.0687. The smallest absolute Gasteiger partial charge is 0.248 e. The highest BCUT2D eigenvalue weighted by Gasteiger charge is 2.01. The lowest BCUT2D eigenvalue weighted by Gasteiger charge is -2.04. The predicted molar refractivity (Wildman–Crippen MR) is 87.5 cm³/mol. The number of benzene rings is 2. The van der Waals surface area contributed by atoms with E-state index in [4.69, 9.17) is 9.84 Å². The molecule has 0 heterocycles. The summed E-state index contributed by atoms with van der Waals surface area (Å²) in [7, 11) is 1.56. The first-order chi connectivity index (χ1) is 11.1. The molecule has 0 aliphatic heterocycles. The Morgan fingerprint density at radius 3 is 1.74 bits per heavy atom. The van der Waals surface area contributed by atoms with Gasteiger partial charge in [0, 0.05) is 23.5 Å². The summed E-state index contributed by atoms with van der Waals surface area (Å²) in [6, 6.07) is 12.8. The second-order valence-electron chi connectivity index (χ2n) is 4.59. The van der Waals surface area contributed by atoms with Crippen molar-refractivity contribution in [2.45, 2.75) is 0 Å². The molecular formula is C17H16N2O4. The molecule has 0 saturated carbocycles. The van der Waals surface area contributed by atoms with Crippen LogP contribution in [0.5, 0.6) is 11.5 Å². The van der Waals surface area contributed by atoms with E-state index in [0.717, 1.165) is 12.2 Å². The number of methoxy groups -OCH3 is 1. The first kappa shape index (κ1) is 16.1. The monoisotopic (exact) mass is 312 g/mol. The average molecular weight is 312 g/mol. The molecule has 0 radical (unpaired) electrons. The van der Waals surface area contributed by atoms with E-state index in [9.17, 15) is 9.59 Å². The van der Waals surface area contributed by atoms with Crippen molar-refractivity contribution in [2.24, 2.45) is 0 Å². The molecule has 2 rings (SSSR count). The maximum atomic E-state index is 11.7. The molecular weight excluding hydrogens is 296 g/mol. The molecule has 2 aromatic carbocycles. The summed E-state index contributed by atoms with van der Waals surface area (Å²) in [6.45, 7) is 0. The molecule has 0 unspecified atom stereocenters. The van der Waals surface area contributed by atoms with Gasteiger partial charge in [-0.2, -0.15) is 0 Å². The van der Waals surface area contributed by atoms with Gasteiger partial charge in [0.1, 0.15) is 11.5 Å². The zero-order chi connectivity index (χ0) is 16.7. The number of aromatic hydroxyl groups is 1. The predicted octanol–water partition coefficient (Wildman–Crippen LogP) is 2.53. The molecule has 2 amide bonds. The Balaban J connectivity index is 1.86. The van der Waals surface area contributed by atoms with Crippen LogP contribution < -0.4 is 15.4 Å². The first-order valence-corrected chi connectivity index (χ1v) is 6.80. The fourth-order valence-corrected chi connectivity index (χ4v) is 1.74. The van der Waals surface area contributed by atoms with E-state index in [2.05, 4.69) is 10.6 Å². The van der Waals surface area contributed by atoms with Crippen LogP contribution in [-0.4, -0.2) is 24.0 Å². The van der Waals surface area contributed by atoms with Crippen molar-refractivity contribution in [3.63, 3.8) is 0 Å². The molecule has 0 aliphatic carbocycles. The summed E-state index contributed by atoms with van der Waals surface area (Å²) in [5.41, 5.74) is 1.12. The molecule has 0 spiro atoms. The summed E-state index contributed by atoms with van der Waals surface area (Å²) >= 11 is 0. The van der Waals surface area contributed by atoms with Crippen LogP contribution in [0.25, 0.3) is 0 Å². The Kier molecular flexibility index (Phi) is 5.35. The minimum Gasteiger partial charge on any atom is -0.508 e. The van der Waals surface area contributed by atoms with E-state index >= 15 is 0 Å². The molecule has 0 aromatic heterocycles. The number of anilines is 2. The molecule has 2 aromatic rings. The fraction of sp³-hybridized carbons (Fsp3) is 0.0588. The van der Waals surface area contributed by atoms with Gasteiger partial charge < -0.3 is 20.5 Å². The number of hydrogen-bond acceptors (Lipinski definition) is 4. The first-order valence-electron chi connectivity index (χ1n) is 6.80. The number of nitrogens with one attached hydrogen (secondary N) is 2. The van der Waals surface area contributed by atoms with Gasteiger partial charge in [-0.1, -0.05) is 0 Å².